The van der Waals surface area contributed by atoms with Gasteiger partial charge in [0.05, 0.1) is 11.5 Å². The molecule has 0 heterocycles. The van der Waals surface area contributed by atoms with Crippen LogP contribution in [0.25, 0.3) is 0 Å². The summed E-state index contributed by atoms with van der Waals surface area (Å²) in [6.45, 7) is 5.57. The first-order chi connectivity index (χ1) is 11.1. The minimum Gasteiger partial charge on any atom is -0.372 e. The first kappa shape index (κ1) is 20.7. The summed E-state index contributed by atoms with van der Waals surface area (Å²) >= 11 is 0. The third kappa shape index (κ3) is 7.47. The summed E-state index contributed by atoms with van der Waals surface area (Å²) in [7, 11) is -8.34. The van der Waals surface area contributed by atoms with Crippen LogP contribution in [0.1, 0.15) is 13.8 Å². The molecule has 24 heavy (non-hydrogen) atoms. The van der Waals surface area contributed by atoms with E-state index in [9.17, 15) is 16.8 Å². The van der Waals surface area contributed by atoms with Gasteiger partial charge >= 0.3 is 0 Å². The Kier molecular flexibility index (Phi) is 7.46. The molecular formula is C14H24N2O6S2. The maximum atomic E-state index is 10.9. The lowest BCUT2D eigenvalue weighted by Gasteiger charge is -2.26. The Labute approximate surface area is 143 Å². The van der Waals surface area contributed by atoms with Crippen molar-refractivity contribution in [1.29, 1.82) is 0 Å². The van der Waals surface area contributed by atoms with Gasteiger partial charge in [-0.15, -0.1) is 0 Å². The zero-order valence-electron chi connectivity index (χ0n) is 13.8. The van der Waals surface area contributed by atoms with Crippen molar-refractivity contribution in [3.63, 3.8) is 0 Å². The quantitative estimate of drug-likeness (QED) is 0.580. The highest BCUT2D eigenvalue weighted by atomic mass is 32.2. The minimum atomic E-state index is -4.17. The van der Waals surface area contributed by atoms with Crippen molar-refractivity contribution >= 4 is 31.6 Å². The van der Waals surface area contributed by atoms with Gasteiger partial charge in [0.15, 0.2) is 0 Å². The van der Waals surface area contributed by atoms with Crippen LogP contribution in [0.5, 0.6) is 0 Å². The molecule has 0 aromatic heterocycles. The molecule has 0 amide bonds. The SMILES string of the molecule is CCN(CC)c1ccc(N(CCS(=O)(=O)O)CCS(=O)(=O)O)cc1. The van der Waals surface area contributed by atoms with Crippen molar-refractivity contribution in [2.24, 2.45) is 0 Å². The minimum absolute atomic E-state index is 0.0844. The van der Waals surface area contributed by atoms with Crippen LogP contribution in [0, 0.1) is 0 Å². The maximum Gasteiger partial charge on any atom is 0.266 e. The van der Waals surface area contributed by atoms with Crippen molar-refractivity contribution in [2.75, 3.05) is 47.5 Å². The van der Waals surface area contributed by atoms with Crippen molar-refractivity contribution < 1.29 is 25.9 Å². The number of rotatable bonds is 10. The number of hydrogen-bond donors (Lipinski definition) is 2. The topological polar surface area (TPSA) is 115 Å². The second kappa shape index (κ2) is 8.65. The summed E-state index contributed by atoms with van der Waals surface area (Å²) in [6.07, 6.45) is 0. The Morgan fingerprint density at radius 3 is 1.38 bits per heavy atom. The average molecular weight is 380 g/mol. The molecule has 0 unspecified atom stereocenters. The average Bonchev–Trinajstić information content (AvgIpc) is 2.47. The van der Waals surface area contributed by atoms with Gasteiger partial charge in [0.25, 0.3) is 20.2 Å². The number of anilines is 2. The lowest BCUT2D eigenvalue weighted by atomic mass is 10.2. The van der Waals surface area contributed by atoms with Crippen LogP contribution in [0.4, 0.5) is 11.4 Å². The van der Waals surface area contributed by atoms with Crippen LogP contribution in [-0.4, -0.2) is 63.6 Å². The molecule has 1 aromatic rings. The Hall–Kier alpha value is -1.36. The summed E-state index contributed by atoms with van der Waals surface area (Å²) in [5.74, 6) is -1.06. The number of benzene rings is 1. The normalized spacial score (nSPS) is 12.2. The molecule has 138 valence electrons. The number of hydrogen-bond acceptors (Lipinski definition) is 6. The molecule has 1 rings (SSSR count). The molecule has 0 spiro atoms. The van der Waals surface area contributed by atoms with Crippen LogP contribution in [-0.2, 0) is 20.2 Å². The highest BCUT2D eigenvalue weighted by Crippen LogP contribution is 2.21. The van der Waals surface area contributed by atoms with E-state index in [4.69, 9.17) is 9.11 Å². The van der Waals surface area contributed by atoms with E-state index < -0.39 is 31.7 Å². The van der Waals surface area contributed by atoms with Crippen molar-refractivity contribution in [3.8, 4) is 0 Å². The van der Waals surface area contributed by atoms with Gasteiger partial charge in [-0.25, -0.2) is 0 Å². The predicted molar refractivity (Wildman–Crippen MR) is 95.0 cm³/mol. The lowest BCUT2D eigenvalue weighted by Crippen LogP contribution is -2.33. The second-order valence-electron chi connectivity index (χ2n) is 5.25. The standard InChI is InChI=1S/C14H24N2O6S2/c1-3-15(4-2)13-5-7-14(8-6-13)16(9-11-23(17,18)19)10-12-24(20,21)22/h5-8H,3-4,9-12H2,1-2H3,(H,17,18,19)(H,20,21,22). The Morgan fingerprint density at radius 1 is 0.750 bits per heavy atom. The predicted octanol–water partition coefficient (Wildman–Crippen LogP) is 1.11. The fraction of sp³-hybridized carbons (Fsp3) is 0.571. The molecule has 0 atom stereocenters. The summed E-state index contributed by atoms with van der Waals surface area (Å²) in [6, 6.07) is 7.22. The van der Waals surface area contributed by atoms with E-state index in [1.54, 1.807) is 12.1 Å². The van der Waals surface area contributed by atoms with Crippen LogP contribution in [0.3, 0.4) is 0 Å². The monoisotopic (exact) mass is 380 g/mol. The summed E-state index contributed by atoms with van der Waals surface area (Å²) < 4.78 is 61.6. The van der Waals surface area contributed by atoms with Crippen LogP contribution in [0.15, 0.2) is 24.3 Å². The van der Waals surface area contributed by atoms with E-state index >= 15 is 0 Å². The van der Waals surface area contributed by atoms with Gasteiger partial charge in [0.1, 0.15) is 0 Å². The van der Waals surface area contributed by atoms with Gasteiger partial charge < -0.3 is 9.80 Å². The molecule has 0 radical (unpaired) electrons. The molecular weight excluding hydrogens is 356 g/mol. The summed E-state index contributed by atoms with van der Waals surface area (Å²) in [5, 5.41) is 0. The lowest BCUT2D eigenvalue weighted by molar-refractivity contribution is 0.482. The van der Waals surface area contributed by atoms with Gasteiger partial charge in [0.2, 0.25) is 0 Å². The first-order valence-corrected chi connectivity index (χ1v) is 10.8. The zero-order chi connectivity index (χ0) is 18.4. The van der Waals surface area contributed by atoms with E-state index in [2.05, 4.69) is 4.90 Å². The molecule has 0 bridgehead atoms. The molecule has 0 fully saturated rings. The molecule has 0 aliphatic rings. The highest BCUT2D eigenvalue weighted by molar-refractivity contribution is 7.86. The van der Waals surface area contributed by atoms with Gasteiger partial charge in [-0.3, -0.25) is 9.11 Å². The molecule has 10 heteroatoms. The van der Waals surface area contributed by atoms with Crippen LogP contribution in [0.2, 0.25) is 0 Å². The third-order valence-corrected chi connectivity index (χ3v) is 4.98. The summed E-state index contributed by atoms with van der Waals surface area (Å²) in [4.78, 5) is 3.62. The van der Waals surface area contributed by atoms with E-state index in [1.165, 1.54) is 4.90 Å². The molecule has 2 N–H and O–H groups in total. The van der Waals surface area contributed by atoms with Gasteiger partial charge in [-0.1, -0.05) is 0 Å². The van der Waals surface area contributed by atoms with Gasteiger partial charge in [0, 0.05) is 37.6 Å². The highest BCUT2D eigenvalue weighted by Gasteiger charge is 2.15. The number of nitrogens with zero attached hydrogens (tertiary/aromatic N) is 2. The van der Waals surface area contributed by atoms with Crippen molar-refractivity contribution in [3.05, 3.63) is 24.3 Å². The Balaban J connectivity index is 2.95. The van der Waals surface area contributed by atoms with Gasteiger partial charge in [-0.2, -0.15) is 16.8 Å². The largest absolute Gasteiger partial charge is 0.372 e. The van der Waals surface area contributed by atoms with Crippen LogP contribution < -0.4 is 9.80 Å². The van der Waals surface area contributed by atoms with Crippen molar-refractivity contribution in [2.45, 2.75) is 13.8 Å². The van der Waals surface area contributed by atoms with E-state index in [-0.39, 0.29) is 13.1 Å². The third-order valence-electron chi connectivity index (χ3n) is 3.58. The van der Waals surface area contributed by atoms with Gasteiger partial charge in [-0.05, 0) is 38.1 Å². The maximum absolute atomic E-state index is 10.9. The van der Waals surface area contributed by atoms with E-state index in [0.29, 0.717) is 5.69 Å². The fourth-order valence-corrected chi connectivity index (χ4v) is 3.19. The molecule has 8 nitrogen and oxygen atoms in total. The zero-order valence-corrected chi connectivity index (χ0v) is 15.4. The molecule has 1 aromatic carbocycles. The van der Waals surface area contributed by atoms with E-state index in [1.807, 2.05) is 26.0 Å². The molecule has 0 aliphatic carbocycles. The molecule has 0 saturated carbocycles. The first-order valence-electron chi connectivity index (χ1n) is 7.56. The second-order valence-corrected chi connectivity index (χ2v) is 8.39. The Bertz CT molecular complexity index is 676. The van der Waals surface area contributed by atoms with Crippen LogP contribution >= 0.6 is 0 Å². The van der Waals surface area contributed by atoms with E-state index in [0.717, 1.165) is 18.8 Å². The summed E-state index contributed by atoms with van der Waals surface area (Å²) in [5.41, 5.74) is 1.60. The smallest absolute Gasteiger partial charge is 0.266 e. The van der Waals surface area contributed by atoms with Crippen molar-refractivity contribution in [1.82, 2.24) is 0 Å². The molecule has 0 saturated heterocycles. The fourth-order valence-electron chi connectivity index (χ4n) is 2.28. The molecule has 0 aliphatic heterocycles. The Morgan fingerprint density at radius 2 is 1.08 bits per heavy atom.